The van der Waals surface area contributed by atoms with E-state index < -0.39 is 0 Å². The highest BCUT2D eigenvalue weighted by molar-refractivity contribution is 7.09. The number of amides is 1. The van der Waals surface area contributed by atoms with Crippen LogP contribution >= 0.6 is 11.3 Å². The maximum Gasteiger partial charge on any atom is 0.251 e. The topological polar surface area (TPSA) is 69.7 Å². The Morgan fingerprint density at radius 2 is 1.64 bits per heavy atom. The minimum Gasteiger partial charge on any atom is -0.497 e. The molecule has 1 heterocycles. The van der Waals surface area contributed by atoms with Gasteiger partial charge in [-0.15, -0.1) is 11.3 Å². The number of ether oxygens (including phenoxy) is 3. The van der Waals surface area contributed by atoms with E-state index in [1.807, 2.05) is 36.6 Å². The number of carbonyl (C=O) groups excluding carboxylic acids is 1. The Bertz CT molecular complexity index is 892. The fourth-order valence-electron chi connectivity index (χ4n) is 2.44. The van der Waals surface area contributed by atoms with Crippen LogP contribution in [0.15, 0.2) is 53.9 Å². The maximum absolute atomic E-state index is 12.2. The van der Waals surface area contributed by atoms with E-state index >= 15 is 0 Å². The summed E-state index contributed by atoms with van der Waals surface area (Å²) in [6.45, 7) is 3.17. The van der Waals surface area contributed by atoms with Crippen LogP contribution in [0, 0.1) is 6.92 Å². The van der Waals surface area contributed by atoms with Crippen LogP contribution in [0.5, 0.6) is 17.2 Å². The fraction of sp³-hybridized carbons (Fsp3) is 0.238. The lowest BCUT2D eigenvalue weighted by atomic mass is 10.2. The lowest BCUT2D eigenvalue weighted by Gasteiger charge is -2.09. The van der Waals surface area contributed by atoms with Crippen molar-refractivity contribution >= 4 is 17.2 Å². The Labute approximate surface area is 168 Å². The Kier molecular flexibility index (Phi) is 6.86. The molecule has 0 spiro atoms. The van der Waals surface area contributed by atoms with Crippen molar-refractivity contribution in [1.82, 2.24) is 10.3 Å². The number of thiazole rings is 1. The first-order chi connectivity index (χ1) is 13.6. The Morgan fingerprint density at radius 3 is 2.29 bits per heavy atom. The molecule has 146 valence electrons. The number of carbonyl (C=O) groups is 1. The van der Waals surface area contributed by atoms with Gasteiger partial charge in [0.1, 0.15) is 30.5 Å². The van der Waals surface area contributed by atoms with Crippen molar-refractivity contribution in [3.63, 3.8) is 0 Å². The molecule has 0 unspecified atom stereocenters. The highest BCUT2D eigenvalue weighted by Crippen LogP contribution is 2.17. The van der Waals surface area contributed by atoms with Gasteiger partial charge in [0.2, 0.25) is 0 Å². The zero-order valence-electron chi connectivity index (χ0n) is 15.8. The molecule has 28 heavy (non-hydrogen) atoms. The molecule has 3 aromatic rings. The number of hydrogen-bond acceptors (Lipinski definition) is 6. The van der Waals surface area contributed by atoms with Crippen molar-refractivity contribution in [3.8, 4) is 17.2 Å². The van der Waals surface area contributed by atoms with E-state index in [0.29, 0.717) is 31.1 Å². The van der Waals surface area contributed by atoms with E-state index in [1.54, 1.807) is 42.7 Å². The van der Waals surface area contributed by atoms with Crippen molar-refractivity contribution in [2.24, 2.45) is 0 Å². The van der Waals surface area contributed by atoms with Gasteiger partial charge in [0, 0.05) is 10.9 Å². The quantitative estimate of drug-likeness (QED) is 0.555. The molecule has 0 bridgehead atoms. The summed E-state index contributed by atoms with van der Waals surface area (Å²) in [5.41, 5.74) is 1.47. The number of nitrogens with one attached hydrogen (secondary N) is 1. The highest BCUT2D eigenvalue weighted by Gasteiger charge is 2.06. The van der Waals surface area contributed by atoms with Gasteiger partial charge in [0.25, 0.3) is 5.91 Å². The molecule has 0 fully saturated rings. The maximum atomic E-state index is 12.2. The molecule has 0 radical (unpaired) electrons. The van der Waals surface area contributed by atoms with Gasteiger partial charge in [0.05, 0.1) is 24.4 Å². The lowest BCUT2D eigenvalue weighted by molar-refractivity contribution is 0.0947. The summed E-state index contributed by atoms with van der Waals surface area (Å²) >= 11 is 1.60. The van der Waals surface area contributed by atoms with Crippen molar-refractivity contribution < 1.29 is 19.0 Å². The van der Waals surface area contributed by atoms with Crippen LogP contribution in [0.4, 0.5) is 0 Å². The number of nitrogens with zero attached hydrogens (tertiary/aromatic N) is 1. The van der Waals surface area contributed by atoms with Crippen LogP contribution in [0.25, 0.3) is 0 Å². The van der Waals surface area contributed by atoms with Gasteiger partial charge in [-0.3, -0.25) is 4.79 Å². The third kappa shape index (κ3) is 5.72. The standard InChI is InChI=1S/C21H22N2O4S/c1-15-23-17(14-28-15)13-27-20-5-3-16(4-6-20)21(24)22-11-12-26-19-9-7-18(25-2)8-10-19/h3-10,14H,11-13H2,1-2H3,(H,22,24). The number of methoxy groups -OCH3 is 1. The van der Waals surface area contributed by atoms with Crippen LogP contribution in [0.2, 0.25) is 0 Å². The van der Waals surface area contributed by atoms with Gasteiger partial charge >= 0.3 is 0 Å². The monoisotopic (exact) mass is 398 g/mol. The summed E-state index contributed by atoms with van der Waals surface area (Å²) in [7, 11) is 1.62. The molecule has 6 nitrogen and oxygen atoms in total. The van der Waals surface area contributed by atoms with E-state index in [2.05, 4.69) is 10.3 Å². The number of aryl methyl sites for hydroxylation is 1. The minimum atomic E-state index is -0.153. The second-order valence-electron chi connectivity index (χ2n) is 5.95. The van der Waals surface area contributed by atoms with Crippen molar-refractivity contribution in [3.05, 3.63) is 70.2 Å². The van der Waals surface area contributed by atoms with Gasteiger partial charge in [0.15, 0.2) is 0 Å². The average molecular weight is 398 g/mol. The second-order valence-corrected chi connectivity index (χ2v) is 7.01. The Hall–Kier alpha value is -3.06. The first-order valence-electron chi connectivity index (χ1n) is 8.83. The third-order valence-corrected chi connectivity index (χ3v) is 4.71. The number of aromatic nitrogens is 1. The van der Waals surface area contributed by atoms with E-state index in [0.717, 1.165) is 22.2 Å². The van der Waals surface area contributed by atoms with Gasteiger partial charge in [-0.25, -0.2) is 4.98 Å². The molecule has 0 aliphatic heterocycles. The van der Waals surface area contributed by atoms with Crippen molar-refractivity contribution in [2.45, 2.75) is 13.5 Å². The second kappa shape index (κ2) is 9.75. The summed E-state index contributed by atoms with van der Waals surface area (Å²) < 4.78 is 16.4. The first-order valence-corrected chi connectivity index (χ1v) is 9.71. The molecule has 0 aliphatic rings. The third-order valence-electron chi connectivity index (χ3n) is 3.89. The summed E-state index contributed by atoms with van der Waals surface area (Å²) in [4.78, 5) is 16.6. The molecule has 2 aromatic carbocycles. The summed E-state index contributed by atoms with van der Waals surface area (Å²) in [5.74, 6) is 2.05. The van der Waals surface area contributed by atoms with E-state index in [9.17, 15) is 4.79 Å². The lowest BCUT2D eigenvalue weighted by Crippen LogP contribution is -2.28. The van der Waals surface area contributed by atoms with Crippen LogP contribution in [-0.4, -0.2) is 31.2 Å². The van der Waals surface area contributed by atoms with Gasteiger partial charge < -0.3 is 19.5 Å². The molecule has 0 saturated heterocycles. The van der Waals surface area contributed by atoms with Crippen molar-refractivity contribution in [2.75, 3.05) is 20.3 Å². The largest absolute Gasteiger partial charge is 0.497 e. The zero-order valence-corrected chi connectivity index (χ0v) is 16.6. The molecule has 7 heteroatoms. The molecule has 0 aliphatic carbocycles. The normalized spacial score (nSPS) is 10.4. The Balaban J connectivity index is 1.40. The SMILES string of the molecule is COc1ccc(OCCNC(=O)c2ccc(OCc3csc(C)n3)cc2)cc1. The minimum absolute atomic E-state index is 0.153. The van der Waals surface area contributed by atoms with Crippen LogP contribution in [0.1, 0.15) is 21.1 Å². The molecular formula is C21H22N2O4S. The van der Waals surface area contributed by atoms with Crippen LogP contribution in [0.3, 0.4) is 0 Å². The summed E-state index contributed by atoms with van der Waals surface area (Å²) in [6, 6.07) is 14.3. The predicted octanol–water partition coefficient (Wildman–Crippen LogP) is 3.85. The molecule has 1 amide bonds. The number of hydrogen-bond donors (Lipinski definition) is 1. The molecule has 0 atom stereocenters. The average Bonchev–Trinajstić information content (AvgIpc) is 3.15. The predicted molar refractivity (Wildman–Crippen MR) is 108 cm³/mol. The number of rotatable bonds is 9. The van der Waals surface area contributed by atoms with E-state index in [4.69, 9.17) is 14.2 Å². The first kappa shape index (κ1) is 19.7. The van der Waals surface area contributed by atoms with Crippen LogP contribution < -0.4 is 19.5 Å². The summed E-state index contributed by atoms with van der Waals surface area (Å²) in [6.07, 6.45) is 0. The molecule has 1 N–H and O–H groups in total. The summed E-state index contributed by atoms with van der Waals surface area (Å²) in [5, 5.41) is 5.83. The Morgan fingerprint density at radius 1 is 1.00 bits per heavy atom. The molecule has 3 rings (SSSR count). The molecule has 0 saturated carbocycles. The van der Waals surface area contributed by atoms with E-state index in [1.165, 1.54) is 0 Å². The zero-order chi connectivity index (χ0) is 19.8. The van der Waals surface area contributed by atoms with E-state index in [-0.39, 0.29) is 5.91 Å². The van der Waals surface area contributed by atoms with Crippen molar-refractivity contribution in [1.29, 1.82) is 0 Å². The van der Waals surface area contributed by atoms with Gasteiger partial charge in [-0.2, -0.15) is 0 Å². The number of benzene rings is 2. The molecular weight excluding hydrogens is 376 g/mol. The fourth-order valence-corrected chi connectivity index (χ4v) is 3.04. The van der Waals surface area contributed by atoms with Gasteiger partial charge in [-0.1, -0.05) is 0 Å². The van der Waals surface area contributed by atoms with Crippen LogP contribution in [-0.2, 0) is 6.61 Å². The van der Waals surface area contributed by atoms with Gasteiger partial charge in [-0.05, 0) is 55.5 Å². The molecule has 1 aromatic heterocycles. The smallest absolute Gasteiger partial charge is 0.251 e. The highest BCUT2D eigenvalue weighted by atomic mass is 32.1.